The van der Waals surface area contributed by atoms with Crippen molar-refractivity contribution in [3.8, 4) is 0 Å². The van der Waals surface area contributed by atoms with E-state index in [2.05, 4.69) is 10.3 Å². The van der Waals surface area contributed by atoms with Gasteiger partial charge in [-0.25, -0.2) is 13.4 Å². The van der Waals surface area contributed by atoms with Crippen LogP contribution in [-0.2, 0) is 16.4 Å². The number of nitrogens with zero attached hydrogens (tertiary/aromatic N) is 2. The molecule has 1 atom stereocenters. The lowest BCUT2D eigenvalue weighted by atomic mass is 10.3. The molecule has 0 aliphatic carbocycles. The summed E-state index contributed by atoms with van der Waals surface area (Å²) < 4.78 is 23.7. The first kappa shape index (κ1) is 15.9. The van der Waals surface area contributed by atoms with Crippen LogP contribution in [0.3, 0.4) is 0 Å². The second-order valence-corrected chi connectivity index (χ2v) is 8.46. The van der Waals surface area contributed by atoms with Crippen LogP contribution in [0, 0.1) is 0 Å². The molecule has 0 bridgehead atoms. The zero-order valence-electron chi connectivity index (χ0n) is 11.5. The highest BCUT2D eigenvalue weighted by Crippen LogP contribution is 2.25. The van der Waals surface area contributed by atoms with Gasteiger partial charge in [-0.1, -0.05) is 11.6 Å². The Bertz CT molecular complexity index is 580. The Morgan fingerprint density at radius 1 is 1.55 bits per heavy atom. The minimum Gasteiger partial charge on any atom is -0.373 e. The van der Waals surface area contributed by atoms with Crippen LogP contribution in [0.5, 0.6) is 0 Å². The Kier molecular flexibility index (Phi) is 5.17. The fourth-order valence-corrected chi connectivity index (χ4v) is 5.22. The van der Waals surface area contributed by atoms with Gasteiger partial charge in [-0.15, -0.1) is 0 Å². The second-order valence-electron chi connectivity index (χ2n) is 4.70. The van der Waals surface area contributed by atoms with Crippen LogP contribution in [0.2, 0.25) is 5.02 Å². The highest BCUT2D eigenvalue weighted by molar-refractivity contribution is 8.00. The van der Waals surface area contributed by atoms with Gasteiger partial charge >= 0.3 is 0 Å². The van der Waals surface area contributed by atoms with E-state index in [1.54, 1.807) is 30.9 Å². The molecule has 8 heteroatoms. The third-order valence-corrected chi connectivity index (χ3v) is 6.24. The molecule has 112 valence electrons. The Morgan fingerprint density at radius 2 is 2.30 bits per heavy atom. The van der Waals surface area contributed by atoms with Gasteiger partial charge in [0.1, 0.15) is 11.2 Å². The number of hydrogen-bond acceptors (Lipinski definition) is 6. The fraction of sp³-hybridized carbons (Fsp3) is 0.583. The summed E-state index contributed by atoms with van der Waals surface area (Å²) in [6.45, 7) is 1.18. The smallest absolute Gasteiger partial charge is 0.164 e. The van der Waals surface area contributed by atoms with Crippen LogP contribution < -0.4 is 5.32 Å². The van der Waals surface area contributed by atoms with Gasteiger partial charge in [-0.3, -0.25) is 4.90 Å². The maximum absolute atomic E-state index is 11.9. The minimum absolute atomic E-state index is 0.451. The van der Waals surface area contributed by atoms with Crippen molar-refractivity contribution >= 4 is 39.0 Å². The summed E-state index contributed by atoms with van der Waals surface area (Å²) in [5.41, 5.74) is 0.707. The summed E-state index contributed by atoms with van der Waals surface area (Å²) in [5, 5.41) is 3.07. The molecule has 1 N–H and O–H groups in total. The molecule has 1 aliphatic heterocycles. The van der Waals surface area contributed by atoms with E-state index in [9.17, 15) is 8.42 Å². The Morgan fingerprint density at radius 3 is 2.95 bits per heavy atom. The summed E-state index contributed by atoms with van der Waals surface area (Å²) >= 11 is 7.83. The number of hydrogen-bond donors (Lipinski definition) is 1. The highest BCUT2D eigenvalue weighted by atomic mass is 35.5. The quantitative estimate of drug-likeness (QED) is 0.903. The Balaban J connectivity index is 2.23. The number of rotatable bonds is 4. The van der Waals surface area contributed by atoms with Gasteiger partial charge in [0.15, 0.2) is 9.84 Å². The molecular weight excluding hydrogens is 318 g/mol. The van der Waals surface area contributed by atoms with E-state index in [0.29, 0.717) is 23.0 Å². The number of thioether (sulfide) groups is 1. The zero-order valence-corrected chi connectivity index (χ0v) is 13.9. The maximum Gasteiger partial charge on any atom is 0.164 e. The van der Waals surface area contributed by atoms with Crippen LogP contribution in [0.15, 0.2) is 12.1 Å². The predicted octanol–water partition coefficient (Wildman–Crippen LogP) is 1.70. The number of nitrogens with one attached hydrogen (secondary N) is 1. The molecule has 2 rings (SSSR count). The van der Waals surface area contributed by atoms with Crippen molar-refractivity contribution in [3.05, 3.63) is 22.8 Å². The van der Waals surface area contributed by atoms with Gasteiger partial charge in [0.2, 0.25) is 0 Å². The average Bonchev–Trinajstić information content (AvgIpc) is 2.41. The van der Waals surface area contributed by atoms with Crippen LogP contribution in [-0.4, -0.2) is 55.0 Å². The number of aromatic nitrogens is 1. The molecule has 1 saturated heterocycles. The molecule has 1 aromatic rings. The fourth-order valence-electron chi connectivity index (χ4n) is 2.12. The van der Waals surface area contributed by atoms with Crippen molar-refractivity contribution in [1.82, 2.24) is 9.88 Å². The number of anilines is 1. The SMILES string of the molecule is CNc1ccc(Cl)c(CN2CCSCC2S(C)(=O)=O)n1. The molecule has 1 aliphatic rings. The molecule has 0 saturated carbocycles. The number of sulfone groups is 1. The third kappa shape index (κ3) is 3.78. The molecule has 1 unspecified atom stereocenters. The predicted molar refractivity (Wildman–Crippen MR) is 85.2 cm³/mol. The maximum atomic E-state index is 11.9. The first-order valence-electron chi connectivity index (χ1n) is 6.25. The average molecular weight is 336 g/mol. The van der Waals surface area contributed by atoms with E-state index in [-0.39, 0.29) is 0 Å². The Hall–Kier alpha value is -0.500. The van der Waals surface area contributed by atoms with Gasteiger partial charge in [0.25, 0.3) is 0 Å². The molecule has 0 aromatic carbocycles. The van der Waals surface area contributed by atoms with Crippen LogP contribution in [0.25, 0.3) is 0 Å². The molecule has 0 spiro atoms. The van der Waals surface area contributed by atoms with Crippen molar-refractivity contribution < 1.29 is 8.42 Å². The molecule has 5 nitrogen and oxygen atoms in total. The molecule has 0 radical (unpaired) electrons. The van der Waals surface area contributed by atoms with Crippen molar-refractivity contribution in [1.29, 1.82) is 0 Å². The lowest BCUT2D eigenvalue weighted by Crippen LogP contribution is -2.46. The zero-order chi connectivity index (χ0) is 14.8. The van der Waals surface area contributed by atoms with Gasteiger partial charge < -0.3 is 5.32 Å². The third-order valence-electron chi connectivity index (χ3n) is 3.21. The Labute approximate surface area is 129 Å². The summed E-state index contributed by atoms with van der Waals surface area (Å²) in [6.07, 6.45) is 1.29. The first-order valence-corrected chi connectivity index (χ1v) is 9.74. The number of halogens is 1. The highest BCUT2D eigenvalue weighted by Gasteiger charge is 2.31. The van der Waals surface area contributed by atoms with Gasteiger partial charge in [0.05, 0.1) is 10.7 Å². The topological polar surface area (TPSA) is 62.3 Å². The van der Waals surface area contributed by atoms with Crippen LogP contribution in [0.4, 0.5) is 5.82 Å². The summed E-state index contributed by atoms with van der Waals surface area (Å²) in [6, 6.07) is 3.58. The molecule has 0 amide bonds. The summed E-state index contributed by atoms with van der Waals surface area (Å²) in [4.78, 5) is 6.36. The van der Waals surface area contributed by atoms with Crippen molar-refractivity contribution in [2.75, 3.05) is 36.7 Å². The van der Waals surface area contributed by atoms with E-state index in [0.717, 1.165) is 18.1 Å². The van der Waals surface area contributed by atoms with E-state index in [4.69, 9.17) is 11.6 Å². The van der Waals surface area contributed by atoms with E-state index >= 15 is 0 Å². The molecule has 2 heterocycles. The molecule has 1 fully saturated rings. The largest absolute Gasteiger partial charge is 0.373 e. The molecule has 20 heavy (non-hydrogen) atoms. The first-order chi connectivity index (χ1) is 9.41. The minimum atomic E-state index is -3.11. The van der Waals surface area contributed by atoms with E-state index < -0.39 is 15.2 Å². The lowest BCUT2D eigenvalue weighted by Gasteiger charge is -2.33. The van der Waals surface area contributed by atoms with Gasteiger partial charge in [0, 0.05) is 37.9 Å². The summed E-state index contributed by atoms with van der Waals surface area (Å²) in [5.74, 6) is 2.25. The normalized spacial score (nSPS) is 20.9. The lowest BCUT2D eigenvalue weighted by molar-refractivity contribution is 0.259. The van der Waals surface area contributed by atoms with Gasteiger partial charge in [-0.2, -0.15) is 11.8 Å². The van der Waals surface area contributed by atoms with Crippen LogP contribution in [0.1, 0.15) is 5.69 Å². The monoisotopic (exact) mass is 335 g/mol. The second kappa shape index (κ2) is 6.51. The van der Waals surface area contributed by atoms with Crippen LogP contribution >= 0.6 is 23.4 Å². The van der Waals surface area contributed by atoms with E-state index in [1.165, 1.54) is 6.26 Å². The van der Waals surface area contributed by atoms with Crippen molar-refractivity contribution in [3.63, 3.8) is 0 Å². The van der Waals surface area contributed by atoms with Crippen molar-refractivity contribution in [2.24, 2.45) is 0 Å². The number of pyridine rings is 1. The van der Waals surface area contributed by atoms with Gasteiger partial charge in [-0.05, 0) is 12.1 Å². The molecule has 1 aromatic heterocycles. The summed E-state index contributed by atoms with van der Waals surface area (Å²) in [7, 11) is -1.32. The molecular formula is C12H18ClN3O2S2. The van der Waals surface area contributed by atoms with Crippen molar-refractivity contribution in [2.45, 2.75) is 11.9 Å². The standard InChI is InChI=1S/C12H18ClN3O2S2/c1-14-11-4-3-9(13)10(15-11)7-16-5-6-19-8-12(16)20(2,17)18/h3-4,12H,5-8H2,1-2H3,(H,14,15). The van der Waals surface area contributed by atoms with E-state index in [1.807, 2.05) is 4.90 Å².